The number of benzene rings is 3. The number of carbonyl (C=O) groups excluding carboxylic acids is 2. The summed E-state index contributed by atoms with van der Waals surface area (Å²) in [6.45, 7) is 5.49. The van der Waals surface area contributed by atoms with Crippen molar-refractivity contribution in [2.24, 2.45) is 0 Å². The number of methoxy groups -OCH3 is 1. The van der Waals surface area contributed by atoms with E-state index >= 15 is 0 Å². The SMILES string of the molecule is CC[C@@H](C)NC(=O)[C@H](CC)N(CCc1ccccc1)C(=O)CN(c1ccccc1OC)S(=O)(=O)c1ccccc1. The summed E-state index contributed by atoms with van der Waals surface area (Å²) in [5, 5.41) is 2.99. The molecule has 0 fully saturated rings. The number of rotatable bonds is 14. The Morgan fingerprint density at radius 1 is 0.875 bits per heavy atom. The number of amides is 2. The van der Waals surface area contributed by atoms with Crippen molar-refractivity contribution < 1.29 is 22.7 Å². The topological polar surface area (TPSA) is 96.0 Å². The lowest BCUT2D eigenvalue weighted by Gasteiger charge is -2.34. The molecule has 3 aromatic carbocycles. The number of ether oxygens (including phenoxy) is 1. The van der Waals surface area contributed by atoms with E-state index in [1.54, 1.807) is 42.5 Å². The van der Waals surface area contributed by atoms with Crippen LogP contribution in [-0.4, -0.2) is 57.4 Å². The van der Waals surface area contributed by atoms with Gasteiger partial charge in [0.05, 0.1) is 17.7 Å². The van der Waals surface area contributed by atoms with Gasteiger partial charge in [0.2, 0.25) is 11.8 Å². The lowest BCUT2D eigenvalue weighted by atomic mass is 10.1. The lowest BCUT2D eigenvalue weighted by Crippen LogP contribution is -2.54. The van der Waals surface area contributed by atoms with Crippen LogP contribution in [-0.2, 0) is 26.0 Å². The molecule has 0 saturated carbocycles. The van der Waals surface area contributed by atoms with E-state index in [1.807, 2.05) is 51.1 Å². The molecule has 0 aliphatic heterocycles. The fourth-order valence-electron chi connectivity index (χ4n) is 4.41. The average molecular weight is 566 g/mol. The Balaban J connectivity index is 2.03. The third kappa shape index (κ3) is 7.63. The van der Waals surface area contributed by atoms with Crippen LogP contribution in [0.25, 0.3) is 0 Å². The van der Waals surface area contributed by atoms with Gasteiger partial charge in [-0.15, -0.1) is 0 Å². The lowest BCUT2D eigenvalue weighted by molar-refractivity contribution is -0.139. The Bertz CT molecular complexity index is 1350. The zero-order valence-corrected chi connectivity index (χ0v) is 24.4. The molecule has 0 aromatic heterocycles. The van der Waals surface area contributed by atoms with E-state index in [2.05, 4.69) is 5.32 Å². The summed E-state index contributed by atoms with van der Waals surface area (Å²) < 4.78 is 34.4. The van der Waals surface area contributed by atoms with Crippen LogP contribution in [0, 0.1) is 0 Å². The predicted octanol–water partition coefficient (Wildman–Crippen LogP) is 4.66. The van der Waals surface area contributed by atoms with Gasteiger partial charge in [0, 0.05) is 12.6 Å². The first kappa shape index (κ1) is 30.7. The molecule has 40 heavy (non-hydrogen) atoms. The fraction of sp³-hybridized carbons (Fsp3) is 0.355. The maximum atomic E-state index is 14.1. The van der Waals surface area contributed by atoms with Gasteiger partial charge in [0.15, 0.2) is 0 Å². The monoisotopic (exact) mass is 565 g/mol. The Hall–Kier alpha value is -3.85. The van der Waals surface area contributed by atoms with Gasteiger partial charge in [-0.25, -0.2) is 8.42 Å². The van der Waals surface area contributed by atoms with Gasteiger partial charge in [-0.1, -0.05) is 74.5 Å². The van der Waals surface area contributed by atoms with E-state index in [9.17, 15) is 18.0 Å². The van der Waals surface area contributed by atoms with E-state index in [1.165, 1.54) is 24.1 Å². The first-order valence-corrected chi connectivity index (χ1v) is 15.0. The van der Waals surface area contributed by atoms with E-state index in [0.717, 1.165) is 16.3 Å². The van der Waals surface area contributed by atoms with Crippen LogP contribution < -0.4 is 14.4 Å². The summed E-state index contributed by atoms with van der Waals surface area (Å²) in [5.74, 6) is -0.423. The molecule has 0 bridgehead atoms. The van der Waals surface area contributed by atoms with Crippen molar-refractivity contribution in [2.45, 2.75) is 57.0 Å². The largest absolute Gasteiger partial charge is 0.495 e. The molecule has 8 nitrogen and oxygen atoms in total. The molecule has 2 amide bonds. The van der Waals surface area contributed by atoms with Crippen molar-refractivity contribution in [3.63, 3.8) is 0 Å². The van der Waals surface area contributed by atoms with Crippen molar-refractivity contribution in [1.29, 1.82) is 0 Å². The average Bonchev–Trinajstić information content (AvgIpc) is 2.98. The number of carbonyl (C=O) groups is 2. The first-order valence-electron chi connectivity index (χ1n) is 13.6. The zero-order valence-electron chi connectivity index (χ0n) is 23.6. The van der Waals surface area contributed by atoms with Gasteiger partial charge in [-0.05, 0) is 56.0 Å². The molecule has 1 N–H and O–H groups in total. The summed E-state index contributed by atoms with van der Waals surface area (Å²) in [5.41, 5.74) is 1.25. The van der Waals surface area contributed by atoms with Crippen LogP contribution in [0.2, 0.25) is 0 Å². The van der Waals surface area contributed by atoms with Gasteiger partial charge in [0.25, 0.3) is 10.0 Å². The van der Waals surface area contributed by atoms with E-state index in [0.29, 0.717) is 18.6 Å². The molecule has 0 aliphatic carbocycles. The van der Waals surface area contributed by atoms with Crippen molar-refractivity contribution in [3.05, 3.63) is 90.5 Å². The zero-order chi connectivity index (χ0) is 29.1. The summed E-state index contributed by atoms with van der Waals surface area (Å²) in [6.07, 6.45) is 1.64. The maximum absolute atomic E-state index is 14.1. The van der Waals surface area contributed by atoms with Gasteiger partial charge in [-0.3, -0.25) is 13.9 Å². The maximum Gasteiger partial charge on any atom is 0.264 e. The molecule has 0 unspecified atom stereocenters. The van der Waals surface area contributed by atoms with E-state index < -0.39 is 28.5 Å². The molecule has 0 radical (unpaired) electrons. The highest BCUT2D eigenvalue weighted by atomic mass is 32.2. The molecule has 9 heteroatoms. The molecule has 0 saturated heterocycles. The second kappa shape index (κ2) is 14.5. The van der Waals surface area contributed by atoms with Crippen LogP contribution in [0.15, 0.2) is 89.8 Å². The van der Waals surface area contributed by atoms with Crippen molar-refractivity contribution in [1.82, 2.24) is 10.2 Å². The standard InChI is InChI=1S/C31H39N3O5S/c1-5-24(3)32-31(36)27(6-2)33(22-21-25-15-9-7-10-16-25)30(35)23-34(28-19-13-14-20-29(28)39-4)40(37,38)26-17-11-8-12-18-26/h7-20,24,27H,5-6,21-23H2,1-4H3,(H,32,36)/t24-,27+/m1/s1. The highest BCUT2D eigenvalue weighted by Gasteiger charge is 2.34. The number of para-hydroxylation sites is 2. The minimum Gasteiger partial charge on any atom is -0.495 e. The van der Waals surface area contributed by atoms with Crippen LogP contribution in [0.4, 0.5) is 5.69 Å². The number of hydrogen-bond donors (Lipinski definition) is 1. The Labute approximate surface area is 238 Å². The van der Waals surface area contributed by atoms with Crippen molar-refractivity contribution in [3.8, 4) is 5.75 Å². The van der Waals surface area contributed by atoms with E-state index in [-0.39, 0.29) is 29.1 Å². The summed E-state index contributed by atoms with van der Waals surface area (Å²) >= 11 is 0. The normalized spacial score (nSPS) is 12.7. The van der Waals surface area contributed by atoms with Gasteiger partial charge >= 0.3 is 0 Å². The highest BCUT2D eigenvalue weighted by molar-refractivity contribution is 7.92. The molecule has 3 rings (SSSR count). The van der Waals surface area contributed by atoms with E-state index in [4.69, 9.17) is 4.74 Å². The van der Waals surface area contributed by atoms with Gasteiger partial charge in [-0.2, -0.15) is 0 Å². The number of anilines is 1. The quantitative estimate of drug-likeness (QED) is 0.307. The smallest absolute Gasteiger partial charge is 0.264 e. The summed E-state index contributed by atoms with van der Waals surface area (Å²) in [4.78, 5) is 29.0. The molecule has 0 spiro atoms. The van der Waals surface area contributed by atoms with Crippen LogP contribution in [0.5, 0.6) is 5.75 Å². The molecule has 0 heterocycles. The Morgan fingerprint density at radius 3 is 2.08 bits per heavy atom. The second-order valence-corrected chi connectivity index (χ2v) is 11.4. The predicted molar refractivity (Wildman–Crippen MR) is 158 cm³/mol. The third-order valence-corrected chi connectivity index (χ3v) is 8.61. The Kier molecular flexibility index (Phi) is 11.1. The molecular formula is C31H39N3O5S. The molecule has 214 valence electrons. The third-order valence-electron chi connectivity index (χ3n) is 6.84. The fourth-order valence-corrected chi connectivity index (χ4v) is 5.85. The first-order chi connectivity index (χ1) is 19.2. The van der Waals surface area contributed by atoms with Crippen LogP contribution in [0.3, 0.4) is 0 Å². The summed E-state index contributed by atoms with van der Waals surface area (Å²) in [7, 11) is -2.70. The van der Waals surface area contributed by atoms with Crippen LogP contribution in [0.1, 0.15) is 39.2 Å². The minimum absolute atomic E-state index is 0.0473. The second-order valence-electron chi connectivity index (χ2n) is 9.56. The van der Waals surface area contributed by atoms with Crippen LogP contribution >= 0.6 is 0 Å². The summed E-state index contributed by atoms with van der Waals surface area (Å²) in [6, 6.07) is 23.5. The number of hydrogen-bond acceptors (Lipinski definition) is 5. The molecule has 3 aromatic rings. The van der Waals surface area contributed by atoms with Gasteiger partial charge < -0.3 is 15.0 Å². The molecular weight excluding hydrogens is 526 g/mol. The number of sulfonamides is 1. The van der Waals surface area contributed by atoms with Crippen molar-refractivity contribution >= 4 is 27.5 Å². The number of nitrogens with one attached hydrogen (secondary N) is 1. The van der Waals surface area contributed by atoms with Crippen molar-refractivity contribution in [2.75, 3.05) is 24.5 Å². The molecule has 0 aliphatic rings. The van der Waals surface area contributed by atoms with Gasteiger partial charge in [0.1, 0.15) is 18.3 Å². The molecule has 2 atom stereocenters. The Morgan fingerprint density at radius 2 is 1.48 bits per heavy atom. The number of nitrogens with zero attached hydrogens (tertiary/aromatic N) is 2. The highest BCUT2D eigenvalue weighted by Crippen LogP contribution is 2.32. The minimum atomic E-state index is -4.15.